The molecule has 0 saturated heterocycles. The van der Waals surface area contributed by atoms with E-state index in [1.54, 1.807) is 17.2 Å². The van der Waals surface area contributed by atoms with E-state index in [0.29, 0.717) is 36.8 Å². The number of nitrogens with two attached hydrogens (primary N) is 1. The molecule has 0 spiro atoms. The van der Waals surface area contributed by atoms with E-state index in [2.05, 4.69) is 4.98 Å². The SMILES string of the molecule is CC.NCc1ccccc1CCC(O)CN1CCc2cnc(Cl)cc2C1=O. The summed E-state index contributed by atoms with van der Waals surface area (Å²) in [5.74, 6) is -0.0908. The fraction of sp³-hybridized carbons (Fsp3) is 0.429. The minimum absolute atomic E-state index is 0.0908. The number of hydrogen-bond donors (Lipinski definition) is 2. The first-order chi connectivity index (χ1) is 13.1. The largest absolute Gasteiger partial charge is 0.391 e. The molecule has 0 fully saturated rings. The Labute approximate surface area is 166 Å². The van der Waals surface area contributed by atoms with E-state index in [-0.39, 0.29) is 5.91 Å². The third-order valence-electron chi connectivity index (χ3n) is 4.64. The molecule has 1 aromatic carbocycles. The Morgan fingerprint density at radius 1 is 1.30 bits per heavy atom. The molecular weight excluding hydrogens is 362 g/mol. The van der Waals surface area contributed by atoms with Gasteiger partial charge in [0, 0.05) is 31.4 Å². The fourth-order valence-electron chi connectivity index (χ4n) is 3.23. The highest BCUT2D eigenvalue weighted by Crippen LogP contribution is 2.21. The second-order valence-electron chi connectivity index (χ2n) is 6.33. The molecule has 2 heterocycles. The number of pyridine rings is 1. The minimum Gasteiger partial charge on any atom is -0.391 e. The van der Waals surface area contributed by atoms with Gasteiger partial charge >= 0.3 is 0 Å². The lowest BCUT2D eigenvalue weighted by Gasteiger charge is -2.30. The maximum absolute atomic E-state index is 12.6. The van der Waals surface area contributed by atoms with Gasteiger partial charge in [-0.2, -0.15) is 0 Å². The average Bonchev–Trinajstić information content (AvgIpc) is 2.70. The van der Waals surface area contributed by atoms with Crippen molar-refractivity contribution in [2.75, 3.05) is 13.1 Å². The number of amides is 1. The summed E-state index contributed by atoms with van der Waals surface area (Å²) in [5, 5.41) is 10.7. The maximum Gasteiger partial charge on any atom is 0.254 e. The molecular formula is C21H28ClN3O2. The van der Waals surface area contributed by atoms with Crippen molar-refractivity contribution in [3.8, 4) is 0 Å². The van der Waals surface area contributed by atoms with Crippen LogP contribution in [0.2, 0.25) is 5.15 Å². The number of β-amino-alcohol motifs (C(OH)–C–C–N with tert-alkyl or cyclic N) is 1. The lowest BCUT2D eigenvalue weighted by Crippen LogP contribution is -2.42. The first-order valence-corrected chi connectivity index (χ1v) is 9.85. The number of rotatable bonds is 6. The highest BCUT2D eigenvalue weighted by atomic mass is 35.5. The normalized spacial score (nSPS) is 14.3. The smallest absolute Gasteiger partial charge is 0.254 e. The molecule has 1 aliphatic heterocycles. The van der Waals surface area contributed by atoms with Crippen molar-refractivity contribution in [3.63, 3.8) is 0 Å². The molecule has 2 aromatic rings. The van der Waals surface area contributed by atoms with Gasteiger partial charge in [0.1, 0.15) is 5.15 Å². The van der Waals surface area contributed by atoms with Gasteiger partial charge in [-0.15, -0.1) is 0 Å². The summed E-state index contributed by atoms with van der Waals surface area (Å²) in [5.41, 5.74) is 9.50. The molecule has 146 valence electrons. The molecule has 1 atom stereocenters. The first kappa shape index (κ1) is 21.4. The number of carbonyl (C=O) groups excluding carboxylic acids is 1. The highest BCUT2D eigenvalue weighted by molar-refractivity contribution is 6.29. The summed E-state index contributed by atoms with van der Waals surface area (Å²) in [6.45, 7) is 5.40. The second kappa shape index (κ2) is 10.4. The summed E-state index contributed by atoms with van der Waals surface area (Å²) in [6.07, 6.45) is 3.14. The van der Waals surface area contributed by atoms with E-state index in [1.165, 1.54) is 0 Å². The second-order valence-corrected chi connectivity index (χ2v) is 6.72. The van der Waals surface area contributed by atoms with Gasteiger partial charge in [-0.05, 0) is 42.0 Å². The molecule has 27 heavy (non-hydrogen) atoms. The molecule has 0 bridgehead atoms. The van der Waals surface area contributed by atoms with E-state index >= 15 is 0 Å². The van der Waals surface area contributed by atoms with Crippen LogP contribution < -0.4 is 5.73 Å². The van der Waals surface area contributed by atoms with Crippen LogP contribution in [0.25, 0.3) is 0 Å². The van der Waals surface area contributed by atoms with E-state index < -0.39 is 6.10 Å². The van der Waals surface area contributed by atoms with Gasteiger partial charge in [0.15, 0.2) is 0 Å². The molecule has 1 unspecified atom stereocenters. The van der Waals surface area contributed by atoms with Gasteiger partial charge in [0.05, 0.1) is 6.10 Å². The van der Waals surface area contributed by atoms with Gasteiger partial charge < -0.3 is 15.7 Å². The van der Waals surface area contributed by atoms with Gasteiger partial charge in [0.25, 0.3) is 5.91 Å². The number of fused-ring (bicyclic) bond motifs is 1. The van der Waals surface area contributed by atoms with E-state index in [4.69, 9.17) is 17.3 Å². The number of aromatic nitrogens is 1. The molecule has 3 rings (SSSR count). The average molecular weight is 390 g/mol. The summed E-state index contributed by atoms with van der Waals surface area (Å²) in [7, 11) is 0. The van der Waals surface area contributed by atoms with Crippen LogP contribution >= 0.6 is 11.6 Å². The van der Waals surface area contributed by atoms with Crippen molar-refractivity contribution in [1.29, 1.82) is 0 Å². The van der Waals surface area contributed by atoms with E-state index in [0.717, 1.165) is 29.5 Å². The molecule has 1 aliphatic rings. The number of benzene rings is 1. The van der Waals surface area contributed by atoms with Crippen molar-refractivity contribution in [3.05, 3.63) is 63.9 Å². The van der Waals surface area contributed by atoms with Crippen LogP contribution in [-0.4, -0.2) is 40.1 Å². The molecule has 0 aliphatic carbocycles. The topological polar surface area (TPSA) is 79.5 Å². The summed E-state index contributed by atoms with van der Waals surface area (Å²) < 4.78 is 0. The van der Waals surface area contributed by atoms with Crippen LogP contribution in [0.4, 0.5) is 0 Å². The predicted octanol–water partition coefficient (Wildman–Crippen LogP) is 3.21. The quantitative estimate of drug-likeness (QED) is 0.743. The summed E-state index contributed by atoms with van der Waals surface area (Å²) in [4.78, 5) is 18.3. The Hall–Kier alpha value is -1.95. The Bertz CT molecular complexity index is 767. The Morgan fingerprint density at radius 3 is 2.70 bits per heavy atom. The molecule has 3 N–H and O–H groups in total. The predicted molar refractivity (Wildman–Crippen MR) is 109 cm³/mol. The van der Waals surface area contributed by atoms with Crippen molar-refractivity contribution < 1.29 is 9.90 Å². The van der Waals surface area contributed by atoms with Crippen LogP contribution in [0.5, 0.6) is 0 Å². The molecule has 5 nitrogen and oxygen atoms in total. The standard InChI is InChI=1S/C19H22ClN3O2.C2H6/c20-18-9-17-15(11-22-18)7-8-23(19(17)25)12-16(24)6-5-13-3-1-2-4-14(13)10-21;1-2/h1-4,9,11,16,24H,5-8,10,12,21H2;1-2H3. The van der Waals surface area contributed by atoms with Crippen LogP contribution in [0.1, 0.15) is 47.3 Å². The Kier molecular flexibility index (Phi) is 8.23. The van der Waals surface area contributed by atoms with Crippen LogP contribution in [0.15, 0.2) is 36.5 Å². The van der Waals surface area contributed by atoms with Crippen molar-refractivity contribution in [1.82, 2.24) is 9.88 Å². The van der Waals surface area contributed by atoms with E-state index in [1.807, 2.05) is 38.1 Å². The molecule has 6 heteroatoms. The first-order valence-electron chi connectivity index (χ1n) is 9.47. The maximum atomic E-state index is 12.6. The number of aryl methyl sites for hydroxylation is 1. The van der Waals surface area contributed by atoms with Crippen molar-refractivity contribution >= 4 is 17.5 Å². The third-order valence-corrected chi connectivity index (χ3v) is 4.84. The zero-order chi connectivity index (χ0) is 19.8. The number of aliphatic hydroxyl groups excluding tert-OH is 1. The molecule has 1 aromatic heterocycles. The lowest BCUT2D eigenvalue weighted by molar-refractivity contribution is 0.0591. The Balaban J connectivity index is 0.00000126. The number of hydrogen-bond acceptors (Lipinski definition) is 4. The zero-order valence-corrected chi connectivity index (χ0v) is 16.7. The van der Waals surface area contributed by atoms with Gasteiger partial charge in [-0.3, -0.25) is 4.79 Å². The molecule has 1 amide bonds. The fourth-order valence-corrected chi connectivity index (χ4v) is 3.38. The Morgan fingerprint density at radius 2 is 2.00 bits per heavy atom. The zero-order valence-electron chi connectivity index (χ0n) is 16.0. The highest BCUT2D eigenvalue weighted by Gasteiger charge is 2.26. The molecule has 0 saturated carbocycles. The monoisotopic (exact) mass is 389 g/mol. The van der Waals surface area contributed by atoms with Gasteiger partial charge in [-0.25, -0.2) is 4.98 Å². The number of nitrogens with zero attached hydrogens (tertiary/aromatic N) is 2. The lowest BCUT2D eigenvalue weighted by atomic mass is 9.99. The van der Waals surface area contributed by atoms with Crippen LogP contribution in [-0.2, 0) is 19.4 Å². The minimum atomic E-state index is -0.575. The summed E-state index contributed by atoms with van der Waals surface area (Å²) >= 11 is 5.90. The number of aliphatic hydroxyl groups is 1. The third kappa shape index (κ3) is 5.51. The molecule has 0 radical (unpaired) electrons. The van der Waals surface area contributed by atoms with Gasteiger partial charge in [-0.1, -0.05) is 49.7 Å². The van der Waals surface area contributed by atoms with Crippen LogP contribution in [0, 0.1) is 0 Å². The van der Waals surface area contributed by atoms with E-state index in [9.17, 15) is 9.90 Å². The number of carbonyl (C=O) groups is 1. The van der Waals surface area contributed by atoms with Crippen molar-refractivity contribution in [2.45, 2.75) is 45.8 Å². The number of halogens is 1. The van der Waals surface area contributed by atoms with Crippen LogP contribution in [0.3, 0.4) is 0 Å². The summed E-state index contributed by atoms with van der Waals surface area (Å²) in [6, 6.07) is 9.59. The van der Waals surface area contributed by atoms with Crippen molar-refractivity contribution in [2.24, 2.45) is 5.73 Å². The van der Waals surface area contributed by atoms with Gasteiger partial charge in [0.2, 0.25) is 0 Å².